The normalized spacial score (nSPS) is 10.9. The van der Waals surface area contributed by atoms with Gasteiger partial charge in [-0.1, -0.05) is 0 Å². The smallest absolute Gasteiger partial charge is 0.244 e. The van der Waals surface area contributed by atoms with E-state index in [0.29, 0.717) is 5.56 Å². The highest BCUT2D eigenvalue weighted by Crippen LogP contribution is 2.23. The first-order valence-corrected chi connectivity index (χ1v) is 4.99. The molecule has 0 radical (unpaired) electrons. The third kappa shape index (κ3) is 3.65. The van der Waals surface area contributed by atoms with E-state index in [-0.39, 0.29) is 23.4 Å². The average Bonchev–Trinajstić information content (AvgIpc) is 2.15. The summed E-state index contributed by atoms with van der Waals surface area (Å²) in [5.41, 5.74) is 0.483. The van der Waals surface area contributed by atoms with Crippen LogP contribution < -0.4 is 5.32 Å². The Morgan fingerprint density at radius 2 is 2.06 bits per heavy atom. The lowest BCUT2D eigenvalue weighted by molar-refractivity contribution is -0.116. The zero-order valence-corrected chi connectivity index (χ0v) is 9.27. The number of amides is 1. The van der Waals surface area contributed by atoms with E-state index in [1.54, 1.807) is 0 Å². The number of carbonyl (C=O) groups is 1. The van der Waals surface area contributed by atoms with Gasteiger partial charge in [0.1, 0.15) is 11.5 Å². The fourth-order valence-electron chi connectivity index (χ4n) is 1.17. The number of carbonyl (C=O) groups excluding carboxylic acids is 1. The van der Waals surface area contributed by atoms with Gasteiger partial charge < -0.3 is 15.5 Å². The summed E-state index contributed by atoms with van der Waals surface area (Å²) in [7, 11) is 0. The molecule has 3 N–H and O–H groups in total. The lowest BCUT2D eigenvalue weighted by atomic mass is 10.2. The number of rotatable bonds is 3. The van der Waals surface area contributed by atoms with Crippen molar-refractivity contribution >= 4 is 12.0 Å². The van der Waals surface area contributed by atoms with Crippen LogP contribution in [0.5, 0.6) is 11.5 Å². The Kier molecular flexibility index (Phi) is 3.94. The van der Waals surface area contributed by atoms with Crippen LogP contribution in [0.4, 0.5) is 0 Å². The maximum absolute atomic E-state index is 11.3. The Morgan fingerprint density at radius 3 is 2.62 bits per heavy atom. The fraction of sp³-hybridized carbons (Fsp3) is 0.250. The van der Waals surface area contributed by atoms with Crippen molar-refractivity contribution in [2.75, 3.05) is 0 Å². The molecule has 0 aliphatic carbocycles. The van der Waals surface area contributed by atoms with E-state index in [1.165, 1.54) is 30.4 Å². The van der Waals surface area contributed by atoms with Crippen LogP contribution >= 0.6 is 0 Å². The topological polar surface area (TPSA) is 69.6 Å². The second kappa shape index (κ2) is 5.21. The molecule has 1 rings (SSSR count). The van der Waals surface area contributed by atoms with Gasteiger partial charge in [0, 0.05) is 23.7 Å². The quantitative estimate of drug-likeness (QED) is 0.679. The van der Waals surface area contributed by atoms with Gasteiger partial charge in [0.05, 0.1) is 0 Å². The monoisotopic (exact) mass is 221 g/mol. The van der Waals surface area contributed by atoms with Crippen molar-refractivity contribution in [3.8, 4) is 11.5 Å². The molecule has 4 nitrogen and oxygen atoms in total. The molecular weight excluding hydrogens is 206 g/mol. The average molecular weight is 221 g/mol. The number of phenolic OH excluding ortho intramolecular Hbond substituents is 2. The van der Waals surface area contributed by atoms with Gasteiger partial charge in [-0.05, 0) is 32.1 Å². The van der Waals surface area contributed by atoms with Gasteiger partial charge in [0.15, 0.2) is 0 Å². The maximum atomic E-state index is 11.3. The Morgan fingerprint density at radius 1 is 1.38 bits per heavy atom. The molecule has 0 saturated heterocycles. The summed E-state index contributed by atoms with van der Waals surface area (Å²) in [5, 5.41) is 21.2. The van der Waals surface area contributed by atoms with E-state index in [2.05, 4.69) is 5.32 Å². The second-order valence-corrected chi connectivity index (χ2v) is 3.74. The molecule has 0 heterocycles. The second-order valence-electron chi connectivity index (χ2n) is 3.74. The first kappa shape index (κ1) is 12.1. The number of phenols is 2. The van der Waals surface area contributed by atoms with Crippen molar-refractivity contribution in [2.45, 2.75) is 19.9 Å². The van der Waals surface area contributed by atoms with Crippen molar-refractivity contribution < 1.29 is 15.0 Å². The van der Waals surface area contributed by atoms with Crippen molar-refractivity contribution in [1.29, 1.82) is 0 Å². The molecule has 0 saturated carbocycles. The molecular formula is C12H15NO3. The van der Waals surface area contributed by atoms with Crippen LogP contribution in [0.2, 0.25) is 0 Å². The molecule has 4 heteroatoms. The van der Waals surface area contributed by atoms with Gasteiger partial charge in [-0.3, -0.25) is 4.79 Å². The zero-order valence-electron chi connectivity index (χ0n) is 9.27. The minimum absolute atomic E-state index is 0.0127. The Labute approximate surface area is 94.2 Å². The van der Waals surface area contributed by atoms with Crippen LogP contribution in [-0.2, 0) is 4.79 Å². The Hall–Kier alpha value is -1.97. The van der Waals surface area contributed by atoms with Crippen LogP contribution in [0.1, 0.15) is 19.4 Å². The lowest BCUT2D eigenvalue weighted by Gasteiger charge is -2.04. The van der Waals surface area contributed by atoms with Crippen LogP contribution in [-0.4, -0.2) is 22.2 Å². The molecule has 0 atom stereocenters. The van der Waals surface area contributed by atoms with Gasteiger partial charge in [0.2, 0.25) is 5.91 Å². The van der Waals surface area contributed by atoms with Gasteiger partial charge in [-0.2, -0.15) is 0 Å². The zero-order chi connectivity index (χ0) is 12.1. The number of aromatic hydroxyl groups is 2. The largest absolute Gasteiger partial charge is 0.508 e. The molecule has 0 spiro atoms. The summed E-state index contributed by atoms with van der Waals surface area (Å²) in [5.74, 6) is -0.294. The molecule has 0 bridgehead atoms. The maximum Gasteiger partial charge on any atom is 0.244 e. The third-order valence-electron chi connectivity index (χ3n) is 1.86. The highest BCUT2D eigenvalue weighted by Gasteiger charge is 2.01. The molecule has 0 aromatic heterocycles. The summed E-state index contributed by atoms with van der Waals surface area (Å²) >= 11 is 0. The van der Waals surface area contributed by atoms with Gasteiger partial charge >= 0.3 is 0 Å². The number of hydrogen-bond donors (Lipinski definition) is 3. The number of nitrogens with one attached hydrogen (secondary N) is 1. The van der Waals surface area contributed by atoms with Gasteiger partial charge in [-0.25, -0.2) is 0 Å². The van der Waals surface area contributed by atoms with Crippen molar-refractivity contribution in [1.82, 2.24) is 5.32 Å². The highest BCUT2D eigenvalue weighted by molar-refractivity contribution is 5.92. The van der Waals surface area contributed by atoms with E-state index in [9.17, 15) is 9.90 Å². The molecule has 1 aromatic carbocycles. The van der Waals surface area contributed by atoms with E-state index >= 15 is 0 Å². The predicted octanol–water partition coefficient (Wildman–Crippen LogP) is 1.64. The van der Waals surface area contributed by atoms with Gasteiger partial charge in [0.25, 0.3) is 0 Å². The SMILES string of the molecule is CC(C)NC(=O)/C=C/c1ccc(O)cc1O. The molecule has 86 valence electrons. The summed E-state index contributed by atoms with van der Waals surface area (Å²) in [4.78, 5) is 11.3. The Balaban J connectivity index is 2.73. The summed E-state index contributed by atoms with van der Waals surface area (Å²) < 4.78 is 0. The molecule has 1 aromatic rings. The fourth-order valence-corrected chi connectivity index (χ4v) is 1.17. The standard InChI is InChI=1S/C12H15NO3/c1-8(2)13-12(16)6-4-9-3-5-10(14)7-11(9)15/h3-8,14-15H,1-2H3,(H,13,16)/b6-4+. The molecule has 0 unspecified atom stereocenters. The summed E-state index contributed by atoms with van der Waals surface area (Å²) in [6, 6.07) is 4.27. The van der Waals surface area contributed by atoms with E-state index in [0.717, 1.165) is 0 Å². The van der Waals surface area contributed by atoms with Crippen LogP contribution in [0.15, 0.2) is 24.3 Å². The van der Waals surface area contributed by atoms with Crippen LogP contribution in [0.3, 0.4) is 0 Å². The first-order chi connectivity index (χ1) is 7.49. The highest BCUT2D eigenvalue weighted by atomic mass is 16.3. The van der Waals surface area contributed by atoms with Crippen molar-refractivity contribution in [3.63, 3.8) is 0 Å². The lowest BCUT2D eigenvalue weighted by Crippen LogP contribution is -2.28. The molecule has 1 amide bonds. The minimum atomic E-state index is -0.220. The number of benzene rings is 1. The Bertz CT molecular complexity index is 411. The van der Waals surface area contributed by atoms with E-state index in [1.807, 2.05) is 13.8 Å². The van der Waals surface area contributed by atoms with Crippen molar-refractivity contribution in [2.24, 2.45) is 0 Å². The van der Waals surface area contributed by atoms with E-state index < -0.39 is 0 Å². The molecule has 0 fully saturated rings. The van der Waals surface area contributed by atoms with E-state index in [4.69, 9.17) is 5.11 Å². The molecule has 16 heavy (non-hydrogen) atoms. The molecule has 0 aliphatic heterocycles. The predicted molar refractivity (Wildman–Crippen MR) is 62.1 cm³/mol. The summed E-state index contributed by atoms with van der Waals surface area (Å²) in [6.45, 7) is 3.73. The molecule has 0 aliphatic rings. The summed E-state index contributed by atoms with van der Waals surface area (Å²) in [6.07, 6.45) is 2.83. The third-order valence-corrected chi connectivity index (χ3v) is 1.86. The van der Waals surface area contributed by atoms with Crippen LogP contribution in [0, 0.1) is 0 Å². The van der Waals surface area contributed by atoms with Gasteiger partial charge in [-0.15, -0.1) is 0 Å². The minimum Gasteiger partial charge on any atom is -0.508 e. The number of hydrogen-bond acceptors (Lipinski definition) is 3. The van der Waals surface area contributed by atoms with Crippen LogP contribution in [0.25, 0.3) is 6.08 Å². The first-order valence-electron chi connectivity index (χ1n) is 4.99. The van der Waals surface area contributed by atoms with Crippen molar-refractivity contribution in [3.05, 3.63) is 29.8 Å².